The molecule has 0 aliphatic heterocycles. The van der Waals surface area contributed by atoms with Crippen molar-refractivity contribution in [3.63, 3.8) is 0 Å². The first-order chi connectivity index (χ1) is 20.5. The topological polar surface area (TPSA) is 106 Å². The van der Waals surface area contributed by atoms with Gasteiger partial charge in [-0.15, -0.1) is 0 Å². The Balaban J connectivity index is 1.70. The fraction of sp³-hybridized carbons (Fsp3) is 0.167. The Bertz CT molecular complexity index is 1990. The summed E-state index contributed by atoms with van der Waals surface area (Å²) in [6.07, 6.45) is -8.17. The van der Waals surface area contributed by atoms with Crippen molar-refractivity contribution in [2.45, 2.75) is 29.8 Å². The van der Waals surface area contributed by atoms with E-state index in [-0.39, 0.29) is 32.8 Å². The molecular formula is C30H21F6N3O4S. The lowest BCUT2D eigenvalue weighted by Crippen LogP contribution is -2.53. The van der Waals surface area contributed by atoms with Gasteiger partial charge in [0.05, 0.1) is 10.4 Å². The molecule has 0 saturated heterocycles. The van der Waals surface area contributed by atoms with Gasteiger partial charge in [0.2, 0.25) is 0 Å². The molecule has 5 aromatic rings. The molecule has 0 spiro atoms. The minimum absolute atomic E-state index is 0.0548. The zero-order chi connectivity index (χ0) is 32.1. The maximum Gasteiger partial charge on any atom is 0.430 e. The summed E-state index contributed by atoms with van der Waals surface area (Å²) in [4.78, 5) is 8.50. The highest BCUT2D eigenvalue weighted by Gasteiger charge is 2.71. The molecule has 5 rings (SSSR count). The molecule has 14 heteroatoms. The number of aryl methyl sites for hydroxylation is 1. The van der Waals surface area contributed by atoms with Crippen molar-refractivity contribution < 1.29 is 44.4 Å². The van der Waals surface area contributed by atoms with E-state index in [9.17, 15) is 39.9 Å². The van der Waals surface area contributed by atoms with Gasteiger partial charge in [-0.3, -0.25) is 4.98 Å². The van der Waals surface area contributed by atoms with Crippen molar-refractivity contribution >= 4 is 32.4 Å². The monoisotopic (exact) mass is 633 g/mol. The molecule has 0 saturated carbocycles. The van der Waals surface area contributed by atoms with Crippen molar-refractivity contribution in [2.75, 3.05) is 6.26 Å². The highest BCUT2D eigenvalue weighted by Crippen LogP contribution is 2.51. The highest BCUT2D eigenvalue weighted by atomic mass is 32.2. The van der Waals surface area contributed by atoms with E-state index < -0.39 is 33.4 Å². The van der Waals surface area contributed by atoms with Gasteiger partial charge in [0.25, 0.3) is 11.5 Å². The van der Waals surface area contributed by atoms with Gasteiger partial charge < -0.3 is 9.63 Å². The third-order valence-electron chi connectivity index (χ3n) is 6.80. The number of benzene rings is 3. The first-order valence-electron chi connectivity index (χ1n) is 12.7. The molecule has 0 fully saturated rings. The Morgan fingerprint density at radius 1 is 0.909 bits per heavy atom. The second-order valence-electron chi connectivity index (χ2n) is 9.93. The molecule has 44 heavy (non-hydrogen) atoms. The largest absolute Gasteiger partial charge is 0.430 e. The molecule has 2 aromatic heterocycles. The Kier molecular flexibility index (Phi) is 7.62. The van der Waals surface area contributed by atoms with Crippen LogP contribution in [0.15, 0.2) is 88.4 Å². The van der Waals surface area contributed by atoms with Gasteiger partial charge in [0.15, 0.2) is 15.7 Å². The third-order valence-corrected chi connectivity index (χ3v) is 7.93. The van der Waals surface area contributed by atoms with Gasteiger partial charge in [0.1, 0.15) is 0 Å². The molecule has 0 aliphatic rings. The molecule has 7 nitrogen and oxygen atoms in total. The number of hydrogen-bond donors (Lipinski definition) is 1. The van der Waals surface area contributed by atoms with E-state index in [1.54, 1.807) is 19.1 Å². The number of hydrogen-bond acceptors (Lipinski definition) is 7. The second-order valence-corrected chi connectivity index (χ2v) is 11.9. The number of aliphatic hydroxyl groups is 1. The molecule has 228 valence electrons. The number of fused-ring (bicyclic) bond motifs is 1. The fourth-order valence-electron chi connectivity index (χ4n) is 4.63. The van der Waals surface area contributed by atoms with E-state index in [1.165, 1.54) is 60.8 Å². The van der Waals surface area contributed by atoms with Crippen molar-refractivity contribution in [1.82, 2.24) is 15.1 Å². The number of pyridine rings is 1. The summed E-state index contributed by atoms with van der Waals surface area (Å²) in [6.45, 7) is 1.59. The number of halogens is 6. The first-order valence-corrected chi connectivity index (χ1v) is 14.6. The first kappa shape index (κ1) is 30.9. The van der Waals surface area contributed by atoms with E-state index in [2.05, 4.69) is 15.1 Å². The minimum atomic E-state index is -6.08. The van der Waals surface area contributed by atoms with Crippen LogP contribution in [-0.4, -0.2) is 47.3 Å². The Labute approximate surface area is 246 Å². The summed E-state index contributed by atoms with van der Waals surface area (Å²) in [5.74, 6) is 0.387. The SMILES string of the molecule is Cc1noc(/C(=C\c2cccc(-c3cc(C(O)(C(F)(F)F)C(F)(F)F)cc4cccnc34)c2)c2ccc(S(C)(=O)=O)cc2)n1. The van der Waals surface area contributed by atoms with Crippen LogP contribution < -0.4 is 0 Å². The van der Waals surface area contributed by atoms with Crippen molar-refractivity contribution in [3.8, 4) is 11.1 Å². The van der Waals surface area contributed by atoms with E-state index >= 15 is 0 Å². The van der Waals surface area contributed by atoms with Gasteiger partial charge in [-0.25, -0.2) is 8.42 Å². The molecule has 3 aromatic carbocycles. The van der Waals surface area contributed by atoms with Crippen LogP contribution in [0.3, 0.4) is 0 Å². The summed E-state index contributed by atoms with van der Waals surface area (Å²) in [5, 5.41) is 13.9. The molecule has 0 amide bonds. The quantitative estimate of drug-likeness (QED) is 0.160. The van der Waals surface area contributed by atoms with Gasteiger partial charge >= 0.3 is 12.4 Å². The minimum Gasteiger partial charge on any atom is -0.369 e. The van der Waals surface area contributed by atoms with E-state index in [1.807, 2.05) is 0 Å². The molecule has 0 bridgehead atoms. The van der Waals surface area contributed by atoms with E-state index in [0.717, 1.165) is 6.26 Å². The molecule has 0 radical (unpaired) electrons. The average Bonchev–Trinajstić information content (AvgIpc) is 3.39. The Morgan fingerprint density at radius 3 is 2.18 bits per heavy atom. The lowest BCUT2D eigenvalue weighted by atomic mass is 9.87. The lowest BCUT2D eigenvalue weighted by molar-refractivity contribution is -0.376. The average molecular weight is 634 g/mol. The van der Waals surface area contributed by atoms with Crippen LogP contribution in [0.25, 0.3) is 33.7 Å². The molecule has 0 aliphatic carbocycles. The van der Waals surface area contributed by atoms with Crippen LogP contribution >= 0.6 is 0 Å². The third kappa shape index (κ3) is 5.69. The molecule has 0 unspecified atom stereocenters. The fourth-order valence-corrected chi connectivity index (χ4v) is 5.26. The van der Waals surface area contributed by atoms with Crippen molar-refractivity contribution in [2.24, 2.45) is 0 Å². The summed E-state index contributed by atoms with van der Waals surface area (Å²) in [7, 11) is -3.49. The maximum absolute atomic E-state index is 13.8. The number of nitrogens with zero attached hydrogens (tertiary/aromatic N) is 3. The highest BCUT2D eigenvalue weighted by molar-refractivity contribution is 7.90. The van der Waals surface area contributed by atoms with E-state index in [0.29, 0.717) is 34.7 Å². The van der Waals surface area contributed by atoms with Crippen LogP contribution in [0.2, 0.25) is 0 Å². The molecule has 0 atom stereocenters. The van der Waals surface area contributed by atoms with Crippen LogP contribution in [0.4, 0.5) is 26.3 Å². The number of sulfone groups is 1. The maximum atomic E-state index is 13.8. The van der Waals surface area contributed by atoms with Gasteiger partial charge in [-0.2, -0.15) is 31.3 Å². The number of rotatable bonds is 6. The van der Waals surface area contributed by atoms with Gasteiger partial charge in [0, 0.05) is 34.5 Å². The zero-order valence-electron chi connectivity index (χ0n) is 22.8. The number of alkyl halides is 6. The second kappa shape index (κ2) is 10.9. The van der Waals surface area contributed by atoms with E-state index in [4.69, 9.17) is 4.52 Å². The number of aromatic nitrogens is 3. The van der Waals surface area contributed by atoms with Crippen LogP contribution in [0.1, 0.15) is 28.4 Å². The smallest absolute Gasteiger partial charge is 0.369 e. The van der Waals surface area contributed by atoms with Crippen LogP contribution in [0, 0.1) is 6.92 Å². The normalized spacial score (nSPS) is 13.4. The van der Waals surface area contributed by atoms with Crippen molar-refractivity contribution in [1.29, 1.82) is 0 Å². The summed E-state index contributed by atoms with van der Waals surface area (Å²) in [5.41, 5.74) is -5.06. The van der Waals surface area contributed by atoms with Gasteiger partial charge in [-0.05, 0) is 66.1 Å². The van der Waals surface area contributed by atoms with Crippen molar-refractivity contribution in [3.05, 3.63) is 107 Å². The van der Waals surface area contributed by atoms with Crippen LogP contribution in [0.5, 0.6) is 0 Å². The predicted molar refractivity (Wildman–Crippen MR) is 149 cm³/mol. The summed E-state index contributed by atoms with van der Waals surface area (Å²) >= 11 is 0. The predicted octanol–water partition coefficient (Wildman–Crippen LogP) is 6.90. The standard InChI is InChI=1S/C30H21F6N3O4S/c1-17-38-27(43-39-17)25(19-8-10-23(11-9-19)44(2,41)42)14-18-5-3-6-20(13-18)24-16-22(15-21-7-4-12-37-26(21)24)28(40,29(31,32)33)30(34,35)36/h3-16,40H,1-2H3/b25-14-. The molecule has 2 heterocycles. The lowest BCUT2D eigenvalue weighted by Gasteiger charge is -2.33. The molecule has 1 N–H and O–H groups in total. The van der Waals surface area contributed by atoms with Crippen LogP contribution in [-0.2, 0) is 15.4 Å². The van der Waals surface area contributed by atoms with Gasteiger partial charge in [-0.1, -0.05) is 41.6 Å². The Morgan fingerprint density at radius 2 is 1.59 bits per heavy atom. The summed E-state index contributed by atoms with van der Waals surface area (Å²) in [6, 6.07) is 15.9. The zero-order valence-corrected chi connectivity index (χ0v) is 23.6. The Hall–Kier alpha value is -4.56. The molecular weight excluding hydrogens is 612 g/mol. The summed E-state index contributed by atoms with van der Waals surface area (Å²) < 4.78 is 112.